The lowest BCUT2D eigenvalue weighted by molar-refractivity contribution is -0.136. The number of aromatic nitrogens is 1. The number of nitrogens with one attached hydrogen (secondary N) is 2. The van der Waals surface area contributed by atoms with E-state index in [0.717, 1.165) is 27.9 Å². The van der Waals surface area contributed by atoms with Gasteiger partial charge in [-0.1, -0.05) is 26.8 Å². The van der Waals surface area contributed by atoms with Crippen molar-refractivity contribution >= 4 is 51.7 Å². The van der Waals surface area contributed by atoms with Crippen LogP contribution in [0.2, 0.25) is 0 Å². The third-order valence-corrected chi connectivity index (χ3v) is 12.1. The van der Waals surface area contributed by atoms with Gasteiger partial charge in [0.1, 0.15) is 11.9 Å². The third kappa shape index (κ3) is 5.81. The quantitative estimate of drug-likeness (QED) is 0.252. The molecule has 0 radical (unpaired) electrons. The van der Waals surface area contributed by atoms with Gasteiger partial charge in [0.2, 0.25) is 11.8 Å². The maximum Gasteiger partial charge on any atom is 0.265 e. The van der Waals surface area contributed by atoms with Crippen molar-refractivity contribution in [2.75, 3.05) is 55.4 Å². The van der Waals surface area contributed by atoms with Crippen LogP contribution in [-0.2, 0) is 21.4 Å². The van der Waals surface area contributed by atoms with E-state index < -0.39 is 102 Å². The number of carbonyl (C=O) groups excluding carboxylic acids is 5. The van der Waals surface area contributed by atoms with Crippen LogP contribution in [-0.4, -0.2) is 95.9 Å². The maximum atomic E-state index is 16.7. The summed E-state index contributed by atoms with van der Waals surface area (Å²) in [5.74, 6) is -8.85. The topological polar surface area (TPSA) is 150 Å². The molecule has 1 aliphatic carbocycles. The Morgan fingerprint density at radius 2 is 1.62 bits per heavy atom. The number of anilines is 2. The average molecular weight is 796 g/mol. The van der Waals surface area contributed by atoms with E-state index in [1.54, 1.807) is 18.2 Å². The van der Waals surface area contributed by atoms with E-state index in [9.17, 15) is 29.2 Å². The molecule has 3 aromatic carbocycles. The minimum atomic E-state index is -3.66. The molecule has 1 unspecified atom stereocenters. The Kier molecular flexibility index (Phi) is 7.01. The molecule has 1 atom stereocenters. The second-order valence-electron chi connectivity index (χ2n) is 15.8. The van der Waals surface area contributed by atoms with Crippen molar-refractivity contribution in [3.63, 3.8) is 0 Å². The molecule has 0 bridgehead atoms. The van der Waals surface area contributed by atoms with E-state index in [1.807, 2.05) is 38.2 Å². The van der Waals surface area contributed by atoms with Gasteiger partial charge in [-0.3, -0.25) is 39.1 Å². The van der Waals surface area contributed by atoms with Crippen molar-refractivity contribution in [2.24, 2.45) is 5.92 Å². The van der Waals surface area contributed by atoms with Crippen LogP contribution in [0.15, 0.2) is 36.4 Å². The van der Waals surface area contributed by atoms with Gasteiger partial charge in [-0.25, -0.2) is 8.78 Å². The monoisotopic (exact) mass is 795 g/mol. The number of halogens is 2. The number of fused-ring (bicyclic) bond motifs is 5. The molecular formula is C44H43F2N7O5. The van der Waals surface area contributed by atoms with Crippen molar-refractivity contribution in [2.45, 2.75) is 64.3 Å². The van der Waals surface area contributed by atoms with Gasteiger partial charge in [0.25, 0.3) is 11.8 Å². The molecule has 5 heterocycles. The number of nitrogens with zero attached hydrogens (tertiary/aromatic N) is 5. The average Bonchev–Trinajstić information content (AvgIpc) is 3.78. The number of piperidine rings is 2. The lowest BCUT2D eigenvalue weighted by Gasteiger charge is -2.41. The van der Waals surface area contributed by atoms with Gasteiger partial charge >= 0.3 is 0 Å². The fraction of sp³-hybridized carbons (Fsp3) is 0.409. The normalized spacial score (nSPS) is 26.5. The van der Waals surface area contributed by atoms with Crippen LogP contribution >= 0.6 is 0 Å². The summed E-state index contributed by atoms with van der Waals surface area (Å²) < 4.78 is 105. The van der Waals surface area contributed by atoms with E-state index in [0.29, 0.717) is 59.5 Å². The number of amides is 4. The Morgan fingerprint density at radius 3 is 2.31 bits per heavy atom. The lowest BCUT2D eigenvalue weighted by atomic mass is 9.70. The number of hydrogen-bond acceptors (Lipinski definition) is 9. The Balaban J connectivity index is 0.979. The summed E-state index contributed by atoms with van der Waals surface area (Å²) >= 11 is 0. The predicted molar refractivity (Wildman–Crippen MR) is 211 cm³/mol. The molecule has 3 fully saturated rings. The van der Waals surface area contributed by atoms with Crippen LogP contribution in [0.4, 0.5) is 20.2 Å². The Hall–Kier alpha value is -5.94. The summed E-state index contributed by atoms with van der Waals surface area (Å²) in [5.41, 5.74) is 1.13. The Labute approximate surface area is 345 Å². The zero-order valence-electron chi connectivity index (χ0n) is 39.8. The van der Waals surface area contributed by atoms with Gasteiger partial charge in [-0.15, -0.1) is 0 Å². The van der Waals surface area contributed by atoms with Crippen molar-refractivity contribution < 1.29 is 43.7 Å². The summed E-state index contributed by atoms with van der Waals surface area (Å²) in [5, 5.41) is 12.2. The molecule has 1 aromatic heterocycles. The second kappa shape index (κ2) is 13.9. The first-order chi connectivity index (χ1) is 30.8. The van der Waals surface area contributed by atoms with Crippen LogP contribution in [0.3, 0.4) is 0 Å². The zero-order chi connectivity index (χ0) is 48.0. The van der Waals surface area contributed by atoms with E-state index in [-0.39, 0.29) is 34.5 Å². The van der Waals surface area contributed by atoms with Crippen LogP contribution in [0.5, 0.6) is 0 Å². The minimum absolute atomic E-state index is 0.136. The fourth-order valence-electron chi connectivity index (χ4n) is 8.99. The summed E-state index contributed by atoms with van der Waals surface area (Å²) in [4.78, 5) is 71.4. The second-order valence-corrected chi connectivity index (χ2v) is 15.8. The molecule has 4 aromatic rings. The number of hydrogen-bond donors (Lipinski definition) is 2. The Morgan fingerprint density at radius 1 is 0.897 bits per heavy atom. The van der Waals surface area contributed by atoms with Crippen molar-refractivity contribution in [1.82, 2.24) is 20.1 Å². The van der Waals surface area contributed by atoms with Gasteiger partial charge in [0.15, 0.2) is 11.6 Å². The third-order valence-electron chi connectivity index (χ3n) is 12.1. The highest BCUT2D eigenvalue weighted by molar-refractivity contribution is 6.24. The highest BCUT2D eigenvalue weighted by Gasteiger charge is 2.48. The number of aryl methyl sites for hydroxylation is 1. The first-order valence-electron chi connectivity index (χ1n) is 23.2. The highest BCUT2D eigenvalue weighted by atomic mass is 19.1. The van der Waals surface area contributed by atoms with E-state index in [1.165, 1.54) is 0 Å². The molecule has 14 heteroatoms. The molecule has 2 N–H and O–H groups in total. The minimum Gasteiger partial charge on any atom is -0.371 e. The Bertz CT molecular complexity index is 2880. The number of aromatic amines is 1. The molecule has 4 amide bonds. The molecule has 58 heavy (non-hydrogen) atoms. The summed E-state index contributed by atoms with van der Waals surface area (Å²) in [6.07, 6.45) is 0.588. The number of benzene rings is 3. The van der Waals surface area contributed by atoms with Crippen LogP contribution < -0.4 is 15.1 Å². The number of carbonyl (C=O) groups is 5. The number of nitriles is 1. The summed E-state index contributed by atoms with van der Waals surface area (Å²) in [6, 6.07) is 9.82. The molecule has 9 rings (SSSR count). The first kappa shape index (κ1) is 29.3. The van der Waals surface area contributed by atoms with Crippen LogP contribution in [0.1, 0.15) is 116 Å². The largest absolute Gasteiger partial charge is 0.371 e. The zero-order valence-corrected chi connectivity index (χ0v) is 31.8. The van der Waals surface area contributed by atoms with Crippen molar-refractivity contribution in [1.29, 1.82) is 5.26 Å². The maximum absolute atomic E-state index is 16.7. The van der Waals surface area contributed by atoms with Crippen LogP contribution in [0.25, 0.3) is 10.9 Å². The molecule has 298 valence electrons. The fourth-order valence-corrected chi connectivity index (χ4v) is 8.99. The predicted octanol–water partition coefficient (Wildman–Crippen LogP) is 5.19. The van der Waals surface area contributed by atoms with Gasteiger partial charge < -0.3 is 14.8 Å². The van der Waals surface area contributed by atoms with Crippen molar-refractivity contribution in [3.05, 3.63) is 92.7 Å². The van der Waals surface area contributed by atoms with E-state index in [2.05, 4.69) is 16.0 Å². The van der Waals surface area contributed by atoms with Gasteiger partial charge in [-0.05, 0) is 67.0 Å². The van der Waals surface area contributed by atoms with Gasteiger partial charge in [0.05, 0.1) is 39.5 Å². The standard InChI is InChI=1S/C44H43F2N7O5/c1-4-25-18-27-28(44(2,3)40-35(39(27)55)26-6-5-24(21-47)17-30(26)48-40)19-32(25)51-11-9-23(10-12-51)22-50-13-15-52(16-14-50)33-20-29(45)36-37(38(33)46)43(58)53(42(36)57)31-7-8-34(54)49-41(31)56/h5-6,17-20,23,31,48H,4,7-16,22H2,1-3H3,(H,49,54,56)/i13D2,14D2,15D2,16D2. The number of imide groups is 2. The summed E-state index contributed by atoms with van der Waals surface area (Å²) in [7, 11) is 0. The molecule has 3 saturated heterocycles. The molecule has 5 aliphatic rings. The van der Waals surface area contributed by atoms with E-state index in [4.69, 9.17) is 11.0 Å². The van der Waals surface area contributed by atoms with E-state index >= 15 is 8.78 Å². The number of ketones is 1. The van der Waals surface area contributed by atoms with Crippen molar-refractivity contribution in [3.8, 4) is 6.07 Å². The highest BCUT2D eigenvalue weighted by Crippen LogP contribution is 2.46. The lowest BCUT2D eigenvalue weighted by Crippen LogP contribution is -2.54. The van der Waals surface area contributed by atoms with Gasteiger partial charge in [0, 0.05) is 96.9 Å². The number of rotatable bonds is 6. The SMILES string of the molecule is [2H]C1([2H])N(CC2CCN(c3cc4c(cc3CC)C(=O)c3c([nH]c5cc(C#N)ccc35)C4(C)C)CC2)C([2H])([2H])C([2H])([2H])N(c2cc(F)c3c(c2F)C(=O)N(C2CCC(=O)NC2=O)C3=O)C1([2H])[2H]. The smallest absolute Gasteiger partial charge is 0.265 e. The first-order valence-corrected chi connectivity index (χ1v) is 19.2. The summed E-state index contributed by atoms with van der Waals surface area (Å²) in [6.45, 7) is -7.92. The molecule has 12 nitrogen and oxygen atoms in total. The number of piperazine rings is 1. The molecular weight excluding hydrogens is 745 g/mol. The van der Waals surface area contributed by atoms with Gasteiger partial charge in [-0.2, -0.15) is 5.26 Å². The molecule has 4 aliphatic heterocycles. The molecule has 0 saturated carbocycles. The number of H-pyrrole nitrogens is 1. The molecule has 0 spiro atoms. The van der Waals surface area contributed by atoms with Crippen LogP contribution in [0, 0.1) is 28.9 Å².